The summed E-state index contributed by atoms with van der Waals surface area (Å²) < 4.78 is 10.9. The molecule has 2 heterocycles. The third-order valence-electron chi connectivity index (χ3n) is 5.97. The minimum Gasteiger partial charge on any atom is -0.497 e. The minimum absolute atomic E-state index is 0.145. The summed E-state index contributed by atoms with van der Waals surface area (Å²) in [5, 5.41) is 3.42. The number of benzene rings is 1. The molecule has 1 amide bonds. The molecule has 2 saturated heterocycles. The van der Waals surface area contributed by atoms with Crippen LogP contribution in [0.25, 0.3) is 0 Å². The van der Waals surface area contributed by atoms with Crippen LogP contribution >= 0.6 is 0 Å². The molecule has 2 atom stereocenters. The van der Waals surface area contributed by atoms with Crippen molar-refractivity contribution in [2.24, 2.45) is 4.99 Å². The van der Waals surface area contributed by atoms with Crippen LogP contribution in [0.4, 0.5) is 0 Å². The molecule has 2 aliphatic heterocycles. The van der Waals surface area contributed by atoms with Crippen LogP contribution in [0.5, 0.6) is 5.75 Å². The van der Waals surface area contributed by atoms with Gasteiger partial charge in [0, 0.05) is 39.3 Å². The minimum atomic E-state index is -0.237. The van der Waals surface area contributed by atoms with Gasteiger partial charge in [-0.15, -0.1) is 0 Å². The quantitative estimate of drug-likeness (QED) is 0.522. The molecule has 2 unspecified atom stereocenters. The monoisotopic (exact) mass is 431 g/mol. The van der Waals surface area contributed by atoms with E-state index in [0.29, 0.717) is 26.2 Å². The van der Waals surface area contributed by atoms with E-state index in [1.807, 2.05) is 17.0 Å². The molecular formula is C23H37N5O3. The van der Waals surface area contributed by atoms with E-state index in [4.69, 9.17) is 14.5 Å². The number of aliphatic imine (C=N–C) groups is 1. The molecule has 0 bridgehead atoms. The molecule has 2 aliphatic rings. The van der Waals surface area contributed by atoms with Gasteiger partial charge < -0.3 is 29.5 Å². The van der Waals surface area contributed by atoms with Gasteiger partial charge in [-0.1, -0.05) is 12.1 Å². The number of rotatable bonds is 7. The number of hydrogen-bond acceptors (Lipinski definition) is 5. The zero-order chi connectivity index (χ0) is 22.2. The van der Waals surface area contributed by atoms with Gasteiger partial charge in [-0.2, -0.15) is 0 Å². The maximum Gasteiger partial charge on any atom is 0.251 e. The van der Waals surface area contributed by atoms with Crippen LogP contribution in [-0.4, -0.2) is 99.8 Å². The van der Waals surface area contributed by atoms with Gasteiger partial charge in [0.05, 0.1) is 19.7 Å². The molecule has 1 aromatic rings. The number of amides is 1. The van der Waals surface area contributed by atoms with Crippen molar-refractivity contribution in [3.63, 3.8) is 0 Å². The smallest absolute Gasteiger partial charge is 0.251 e. The highest BCUT2D eigenvalue weighted by Crippen LogP contribution is 2.22. The fourth-order valence-electron chi connectivity index (χ4n) is 4.11. The van der Waals surface area contributed by atoms with Crippen molar-refractivity contribution in [3.05, 3.63) is 29.8 Å². The fourth-order valence-corrected chi connectivity index (χ4v) is 4.11. The zero-order valence-electron chi connectivity index (χ0n) is 19.3. The van der Waals surface area contributed by atoms with E-state index in [1.54, 1.807) is 7.11 Å². The molecule has 8 heteroatoms. The molecule has 0 aromatic heterocycles. The largest absolute Gasteiger partial charge is 0.497 e. The second-order valence-electron chi connectivity index (χ2n) is 8.26. The number of carbonyl (C=O) groups is 1. The van der Waals surface area contributed by atoms with Crippen molar-refractivity contribution in [2.45, 2.75) is 31.9 Å². The molecule has 0 radical (unpaired) electrons. The Morgan fingerprint density at radius 2 is 1.90 bits per heavy atom. The van der Waals surface area contributed by atoms with E-state index in [-0.39, 0.29) is 18.1 Å². The number of likely N-dealkylation sites (N-methyl/N-ethyl adjacent to an activating group) is 1. The second kappa shape index (κ2) is 11.3. The summed E-state index contributed by atoms with van der Waals surface area (Å²) in [6.45, 7) is 7.21. The summed E-state index contributed by atoms with van der Waals surface area (Å²) in [5.41, 5.74) is 1.21. The highest BCUT2D eigenvalue weighted by molar-refractivity contribution is 5.82. The van der Waals surface area contributed by atoms with Crippen molar-refractivity contribution in [3.8, 4) is 5.75 Å². The normalized spacial score (nSPS) is 20.8. The topological polar surface area (TPSA) is 69.6 Å². The van der Waals surface area contributed by atoms with Crippen LogP contribution in [0.2, 0.25) is 0 Å². The molecule has 0 aliphatic carbocycles. The average molecular weight is 432 g/mol. The molecule has 0 saturated carbocycles. The number of ether oxygens (including phenoxy) is 2. The van der Waals surface area contributed by atoms with Crippen molar-refractivity contribution < 1.29 is 14.3 Å². The van der Waals surface area contributed by atoms with E-state index in [0.717, 1.165) is 44.2 Å². The first-order valence-electron chi connectivity index (χ1n) is 11.3. The van der Waals surface area contributed by atoms with Crippen LogP contribution in [0.3, 0.4) is 0 Å². The molecule has 3 rings (SSSR count). The molecular weight excluding hydrogens is 394 g/mol. The molecule has 1 aromatic carbocycles. The van der Waals surface area contributed by atoms with E-state index in [1.165, 1.54) is 5.56 Å². The Morgan fingerprint density at radius 3 is 2.45 bits per heavy atom. The lowest BCUT2D eigenvalue weighted by atomic mass is 10.1. The summed E-state index contributed by atoms with van der Waals surface area (Å²) in [6, 6.07) is 8.35. The summed E-state index contributed by atoms with van der Waals surface area (Å²) in [4.78, 5) is 24.0. The Bertz CT molecular complexity index is 723. The van der Waals surface area contributed by atoms with Gasteiger partial charge in [-0.05, 0) is 51.6 Å². The van der Waals surface area contributed by atoms with Crippen LogP contribution in [-0.2, 0) is 9.53 Å². The number of methoxy groups -OCH3 is 1. The van der Waals surface area contributed by atoms with Crippen molar-refractivity contribution in [1.82, 2.24) is 20.0 Å². The van der Waals surface area contributed by atoms with Gasteiger partial charge in [0.25, 0.3) is 5.91 Å². The fraction of sp³-hybridized carbons (Fsp3) is 0.652. The predicted molar refractivity (Wildman–Crippen MR) is 123 cm³/mol. The van der Waals surface area contributed by atoms with Crippen LogP contribution in [0.15, 0.2) is 29.3 Å². The molecule has 8 nitrogen and oxygen atoms in total. The Balaban J connectivity index is 1.62. The van der Waals surface area contributed by atoms with Gasteiger partial charge >= 0.3 is 0 Å². The number of nitrogens with zero attached hydrogens (tertiary/aromatic N) is 4. The lowest BCUT2D eigenvalue weighted by Gasteiger charge is -2.37. The first-order chi connectivity index (χ1) is 15.0. The number of nitrogens with one attached hydrogen (secondary N) is 1. The SMILES string of the molecule is CCNC(=NCC(c1ccc(OC)cc1)N(C)C)N1CCN(C(=O)C2CCCO2)CC1. The van der Waals surface area contributed by atoms with Gasteiger partial charge in [-0.3, -0.25) is 9.79 Å². The third-order valence-corrected chi connectivity index (χ3v) is 5.97. The number of piperazine rings is 1. The lowest BCUT2D eigenvalue weighted by Crippen LogP contribution is -2.55. The maximum absolute atomic E-state index is 12.6. The molecule has 172 valence electrons. The van der Waals surface area contributed by atoms with Crippen LogP contribution in [0.1, 0.15) is 31.4 Å². The molecule has 0 spiro atoms. The molecule has 31 heavy (non-hydrogen) atoms. The molecule has 1 N–H and O–H groups in total. The summed E-state index contributed by atoms with van der Waals surface area (Å²) in [6.07, 6.45) is 1.59. The number of carbonyl (C=O) groups excluding carboxylic acids is 1. The van der Waals surface area contributed by atoms with Gasteiger partial charge in [0.1, 0.15) is 11.9 Å². The third kappa shape index (κ3) is 6.11. The van der Waals surface area contributed by atoms with E-state index in [9.17, 15) is 4.79 Å². The van der Waals surface area contributed by atoms with Crippen LogP contribution < -0.4 is 10.1 Å². The first-order valence-corrected chi connectivity index (χ1v) is 11.3. The lowest BCUT2D eigenvalue weighted by molar-refractivity contribution is -0.142. The number of guanidine groups is 1. The summed E-state index contributed by atoms with van der Waals surface area (Å²) in [7, 11) is 5.83. The van der Waals surface area contributed by atoms with Crippen LogP contribution in [0, 0.1) is 0 Å². The van der Waals surface area contributed by atoms with Crippen molar-refractivity contribution in [1.29, 1.82) is 0 Å². The first kappa shape index (κ1) is 23.3. The van der Waals surface area contributed by atoms with E-state index >= 15 is 0 Å². The Kier molecular flexibility index (Phi) is 8.54. The van der Waals surface area contributed by atoms with Crippen molar-refractivity contribution in [2.75, 3.05) is 67.1 Å². The Labute approximate surface area is 186 Å². The van der Waals surface area contributed by atoms with Gasteiger partial charge in [0.2, 0.25) is 0 Å². The highest BCUT2D eigenvalue weighted by atomic mass is 16.5. The van der Waals surface area contributed by atoms with Crippen molar-refractivity contribution >= 4 is 11.9 Å². The summed E-state index contributed by atoms with van der Waals surface area (Å²) >= 11 is 0. The second-order valence-corrected chi connectivity index (χ2v) is 8.26. The van der Waals surface area contributed by atoms with E-state index in [2.05, 4.69) is 48.3 Å². The average Bonchev–Trinajstić information content (AvgIpc) is 3.33. The number of hydrogen-bond donors (Lipinski definition) is 1. The Morgan fingerprint density at radius 1 is 1.23 bits per heavy atom. The van der Waals surface area contributed by atoms with Gasteiger partial charge in [0.15, 0.2) is 5.96 Å². The summed E-state index contributed by atoms with van der Waals surface area (Å²) in [5.74, 6) is 1.91. The Hall–Kier alpha value is -2.32. The zero-order valence-corrected chi connectivity index (χ0v) is 19.3. The van der Waals surface area contributed by atoms with E-state index < -0.39 is 0 Å². The van der Waals surface area contributed by atoms with Gasteiger partial charge in [-0.25, -0.2) is 0 Å². The predicted octanol–water partition coefficient (Wildman–Crippen LogP) is 1.59. The standard InChI is InChI=1S/C23H37N5O3/c1-5-24-23(25-17-20(26(2)3)18-8-10-19(30-4)11-9-18)28-14-12-27(13-15-28)22(29)21-7-6-16-31-21/h8-11,20-21H,5-7,12-17H2,1-4H3,(H,24,25). The maximum atomic E-state index is 12.6. The highest BCUT2D eigenvalue weighted by Gasteiger charge is 2.31. The molecule has 2 fully saturated rings.